The van der Waals surface area contributed by atoms with Crippen molar-refractivity contribution in [3.63, 3.8) is 0 Å². The summed E-state index contributed by atoms with van der Waals surface area (Å²) in [4.78, 5) is 0. The predicted octanol–water partition coefficient (Wildman–Crippen LogP) is 4.70. The van der Waals surface area contributed by atoms with E-state index >= 15 is 0 Å². The maximum absolute atomic E-state index is 13.8. The summed E-state index contributed by atoms with van der Waals surface area (Å²) >= 11 is 0. The number of benzene rings is 1. The summed E-state index contributed by atoms with van der Waals surface area (Å²) < 4.78 is 27.6. The number of hydrogen-bond donors (Lipinski definition) is 0. The highest BCUT2D eigenvalue weighted by molar-refractivity contribution is 5.37. The van der Waals surface area contributed by atoms with E-state index in [4.69, 9.17) is 0 Å². The first-order valence-electron chi connectivity index (χ1n) is 6.28. The first-order valence-corrected chi connectivity index (χ1v) is 6.28. The van der Waals surface area contributed by atoms with Crippen LogP contribution >= 0.6 is 0 Å². The molecule has 0 atom stereocenters. The minimum absolute atomic E-state index is 0.00102. The molecule has 0 saturated carbocycles. The highest BCUT2D eigenvalue weighted by atomic mass is 19.3. The molecular formula is C15H20F2. The van der Waals surface area contributed by atoms with Crippen LogP contribution in [0, 0.1) is 5.41 Å². The summed E-state index contributed by atoms with van der Waals surface area (Å²) in [6.45, 7) is 6.39. The molecule has 0 aromatic heterocycles. The molecule has 94 valence electrons. The zero-order valence-electron chi connectivity index (χ0n) is 10.8. The van der Waals surface area contributed by atoms with Crippen molar-refractivity contribution < 1.29 is 8.78 Å². The van der Waals surface area contributed by atoms with Gasteiger partial charge in [-0.2, -0.15) is 0 Å². The average molecular weight is 238 g/mol. The van der Waals surface area contributed by atoms with Gasteiger partial charge in [-0.05, 0) is 41.9 Å². The van der Waals surface area contributed by atoms with E-state index in [0.717, 1.165) is 24.0 Å². The number of alkyl halides is 2. The van der Waals surface area contributed by atoms with Gasteiger partial charge in [0.25, 0.3) is 5.92 Å². The normalized spacial score (nSPS) is 18.9. The van der Waals surface area contributed by atoms with Crippen molar-refractivity contribution in [2.75, 3.05) is 0 Å². The largest absolute Gasteiger partial charge is 0.273 e. The lowest BCUT2D eigenvalue weighted by atomic mass is 9.83. The van der Waals surface area contributed by atoms with E-state index in [-0.39, 0.29) is 17.4 Å². The van der Waals surface area contributed by atoms with Crippen LogP contribution in [0.5, 0.6) is 0 Å². The second-order valence-electron chi connectivity index (χ2n) is 6.29. The Morgan fingerprint density at radius 3 is 2.59 bits per heavy atom. The minimum atomic E-state index is -2.62. The molecule has 0 fully saturated rings. The molecule has 2 rings (SSSR count). The van der Waals surface area contributed by atoms with Gasteiger partial charge in [0.2, 0.25) is 0 Å². The Hall–Kier alpha value is -0.920. The van der Waals surface area contributed by atoms with Crippen LogP contribution in [0.15, 0.2) is 18.2 Å². The summed E-state index contributed by atoms with van der Waals surface area (Å²) in [6, 6.07) is 5.62. The second kappa shape index (κ2) is 4.08. The predicted molar refractivity (Wildman–Crippen MR) is 66.4 cm³/mol. The fourth-order valence-corrected chi connectivity index (χ4v) is 2.54. The number of aryl methyl sites for hydroxylation is 1. The third-order valence-electron chi connectivity index (χ3n) is 3.24. The van der Waals surface area contributed by atoms with E-state index in [2.05, 4.69) is 20.8 Å². The van der Waals surface area contributed by atoms with Gasteiger partial charge in [-0.15, -0.1) is 0 Å². The first kappa shape index (κ1) is 12.5. The van der Waals surface area contributed by atoms with Crippen LogP contribution in [0.2, 0.25) is 0 Å². The van der Waals surface area contributed by atoms with Gasteiger partial charge >= 0.3 is 0 Å². The molecule has 0 N–H and O–H groups in total. The van der Waals surface area contributed by atoms with Gasteiger partial charge in [-0.3, -0.25) is 0 Å². The fourth-order valence-electron chi connectivity index (χ4n) is 2.54. The zero-order valence-corrected chi connectivity index (χ0v) is 10.8. The number of fused-ring (bicyclic) bond motifs is 1. The Morgan fingerprint density at radius 1 is 1.24 bits per heavy atom. The standard InChI is InChI=1S/C15H20F2/c1-14(2,3)10-11-6-7-12-5-4-8-15(16,17)13(12)9-11/h6-7,9H,4-5,8,10H2,1-3H3. The summed E-state index contributed by atoms with van der Waals surface area (Å²) in [5.74, 6) is -2.62. The van der Waals surface area contributed by atoms with Gasteiger partial charge in [0.05, 0.1) is 0 Å². The third-order valence-corrected chi connectivity index (χ3v) is 3.24. The van der Waals surface area contributed by atoms with Crippen molar-refractivity contribution in [3.8, 4) is 0 Å². The third kappa shape index (κ3) is 2.85. The zero-order chi connectivity index (χ0) is 12.7. The van der Waals surface area contributed by atoms with E-state index in [1.54, 1.807) is 6.07 Å². The molecule has 0 heterocycles. The Balaban J connectivity index is 2.35. The van der Waals surface area contributed by atoms with Gasteiger partial charge < -0.3 is 0 Å². The average Bonchev–Trinajstić information content (AvgIpc) is 2.16. The van der Waals surface area contributed by atoms with E-state index in [1.807, 2.05) is 12.1 Å². The fraction of sp³-hybridized carbons (Fsp3) is 0.600. The topological polar surface area (TPSA) is 0 Å². The highest BCUT2D eigenvalue weighted by Gasteiger charge is 2.36. The van der Waals surface area contributed by atoms with Gasteiger partial charge in [0, 0.05) is 12.0 Å². The van der Waals surface area contributed by atoms with E-state index in [1.165, 1.54) is 0 Å². The molecule has 0 spiro atoms. The Morgan fingerprint density at radius 2 is 1.94 bits per heavy atom. The molecule has 0 aliphatic heterocycles. The highest BCUT2D eigenvalue weighted by Crippen LogP contribution is 2.40. The Kier molecular flexibility index (Phi) is 3.01. The molecule has 0 unspecified atom stereocenters. The molecule has 1 aliphatic rings. The molecule has 0 nitrogen and oxygen atoms in total. The molecule has 1 aromatic rings. The molecule has 0 radical (unpaired) electrons. The molecule has 0 amide bonds. The maximum atomic E-state index is 13.8. The van der Waals surface area contributed by atoms with E-state index < -0.39 is 5.92 Å². The van der Waals surface area contributed by atoms with Crippen LogP contribution in [-0.2, 0) is 18.8 Å². The van der Waals surface area contributed by atoms with Crippen molar-refractivity contribution in [3.05, 3.63) is 34.9 Å². The number of hydrogen-bond acceptors (Lipinski definition) is 0. The lowest BCUT2D eigenvalue weighted by molar-refractivity contribution is -0.0217. The SMILES string of the molecule is CC(C)(C)Cc1ccc2c(c1)C(F)(F)CCC2. The summed E-state index contributed by atoms with van der Waals surface area (Å²) in [5.41, 5.74) is 2.26. The molecule has 17 heavy (non-hydrogen) atoms. The van der Waals surface area contributed by atoms with Crippen LogP contribution in [0.25, 0.3) is 0 Å². The van der Waals surface area contributed by atoms with Crippen molar-refractivity contribution >= 4 is 0 Å². The lowest BCUT2D eigenvalue weighted by Gasteiger charge is -2.27. The van der Waals surface area contributed by atoms with Crippen molar-refractivity contribution in [1.82, 2.24) is 0 Å². The van der Waals surface area contributed by atoms with Gasteiger partial charge in [0.15, 0.2) is 0 Å². The molecule has 1 aromatic carbocycles. The number of halogens is 2. The van der Waals surface area contributed by atoms with Gasteiger partial charge in [0.1, 0.15) is 0 Å². The maximum Gasteiger partial charge on any atom is 0.273 e. The summed E-state index contributed by atoms with van der Waals surface area (Å²) in [6.07, 6.45) is 2.23. The van der Waals surface area contributed by atoms with E-state index in [0.29, 0.717) is 6.42 Å². The Bertz CT molecular complexity index is 413. The first-order chi connectivity index (χ1) is 7.78. The van der Waals surface area contributed by atoms with Crippen molar-refractivity contribution in [1.29, 1.82) is 0 Å². The summed E-state index contributed by atoms with van der Waals surface area (Å²) in [5, 5.41) is 0. The monoisotopic (exact) mass is 238 g/mol. The van der Waals surface area contributed by atoms with Crippen LogP contribution < -0.4 is 0 Å². The summed E-state index contributed by atoms with van der Waals surface area (Å²) in [7, 11) is 0. The Labute approximate surface area is 102 Å². The van der Waals surface area contributed by atoms with Gasteiger partial charge in [-0.25, -0.2) is 8.78 Å². The molecule has 0 saturated heterocycles. The molecular weight excluding hydrogens is 218 g/mol. The quantitative estimate of drug-likeness (QED) is 0.665. The van der Waals surface area contributed by atoms with E-state index in [9.17, 15) is 8.78 Å². The molecule has 0 bridgehead atoms. The molecule has 2 heteroatoms. The lowest BCUT2D eigenvalue weighted by Crippen LogP contribution is -2.21. The van der Waals surface area contributed by atoms with Gasteiger partial charge in [-0.1, -0.05) is 32.9 Å². The minimum Gasteiger partial charge on any atom is -0.201 e. The van der Waals surface area contributed by atoms with Crippen LogP contribution in [0.1, 0.15) is 50.3 Å². The van der Waals surface area contributed by atoms with Crippen molar-refractivity contribution in [2.45, 2.75) is 52.4 Å². The van der Waals surface area contributed by atoms with Crippen molar-refractivity contribution in [2.24, 2.45) is 5.41 Å². The molecule has 1 aliphatic carbocycles. The van der Waals surface area contributed by atoms with Crippen LogP contribution in [-0.4, -0.2) is 0 Å². The van der Waals surface area contributed by atoms with Crippen LogP contribution in [0.4, 0.5) is 8.78 Å². The van der Waals surface area contributed by atoms with Crippen LogP contribution in [0.3, 0.4) is 0 Å². The second-order valence-corrected chi connectivity index (χ2v) is 6.29. The number of rotatable bonds is 1. The smallest absolute Gasteiger partial charge is 0.201 e.